The van der Waals surface area contributed by atoms with Crippen molar-refractivity contribution in [2.75, 3.05) is 20.3 Å². The van der Waals surface area contributed by atoms with E-state index in [1.807, 2.05) is 37.3 Å². The van der Waals surface area contributed by atoms with Gasteiger partial charge in [-0.05, 0) is 24.1 Å². The molecule has 5 heteroatoms. The Labute approximate surface area is 146 Å². The van der Waals surface area contributed by atoms with E-state index in [0.29, 0.717) is 24.3 Å². The molecule has 0 aromatic heterocycles. The summed E-state index contributed by atoms with van der Waals surface area (Å²) < 4.78 is 5.16. The number of hydrogen-bond acceptors (Lipinski definition) is 3. The van der Waals surface area contributed by atoms with Crippen LogP contribution in [0.2, 0.25) is 0 Å². The Balaban J connectivity index is 2.26. The fourth-order valence-corrected chi connectivity index (χ4v) is 3.75. The fourth-order valence-electron chi connectivity index (χ4n) is 3.75. The molecule has 0 saturated carbocycles. The Hall–Kier alpha value is -2.66. The summed E-state index contributed by atoms with van der Waals surface area (Å²) in [6, 6.07) is 16.3. The van der Waals surface area contributed by atoms with Gasteiger partial charge < -0.3 is 14.7 Å². The summed E-state index contributed by atoms with van der Waals surface area (Å²) in [7, 11) is 1.57. The number of carboxylic acid groups (broad SMARTS) is 1. The first kappa shape index (κ1) is 17.2. The Bertz CT molecular complexity index is 789. The van der Waals surface area contributed by atoms with Crippen LogP contribution < -0.4 is 0 Å². The number of ether oxygens (including phenoxy) is 1. The van der Waals surface area contributed by atoms with Crippen LogP contribution in [0.15, 0.2) is 54.6 Å². The molecule has 130 valence electrons. The molecule has 2 atom stereocenters. The molecule has 0 saturated heterocycles. The molecule has 0 bridgehead atoms. The second-order valence-corrected chi connectivity index (χ2v) is 6.32. The molecule has 1 amide bonds. The molecule has 2 aromatic rings. The lowest BCUT2D eigenvalue weighted by molar-refractivity contribution is -0.143. The van der Waals surface area contributed by atoms with Crippen LogP contribution in [0.1, 0.15) is 34.3 Å². The first-order valence-corrected chi connectivity index (χ1v) is 8.20. The van der Waals surface area contributed by atoms with Crippen molar-refractivity contribution in [2.45, 2.75) is 18.4 Å². The number of fused-ring (bicyclic) bond motifs is 1. The third-order valence-electron chi connectivity index (χ3n) is 4.99. The van der Waals surface area contributed by atoms with E-state index in [1.165, 1.54) is 0 Å². The number of carbonyl (C=O) groups is 2. The monoisotopic (exact) mass is 339 g/mol. The first-order valence-electron chi connectivity index (χ1n) is 8.20. The molecule has 5 nitrogen and oxygen atoms in total. The van der Waals surface area contributed by atoms with Gasteiger partial charge in [0.15, 0.2) is 0 Å². The molecule has 0 aliphatic carbocycles. The minimum atomic E-state index is -1.00. The topological polar surface area (TPSA) is 66.8 Å². The van der Waals surface area contributed by atoms with Gasteiger partial charge in [-0.2, -0.15) is 0 Å². The number of hydrogen-bond donors (Lipinski definition) is 1. The van der Waals surface area contributed by atoms with E-state index in [2.05, 4.69) is 0 Å². The zero-order valence-corrected chi connectivity index (χ0v) is 14.3. The molecule has 0 spiro atoms. The summed E-state index contributed by atoms with van der Waals surface area (Å²) in [5, 5.41) is 10.0. The maximum Gasteiger partial charge on any atom is 0.313 e. The van der Waals surface area contributed by atoms with Gasteiger partial charge in [0.1, 0.15) is 5.92 Å². The van der Waals surface area contributed by atoms with Gasteiger partial charge in [-0.1, -0.05) is 48.5 Å². The van der Waals surface area contributed by atoms with Crippen LogP contribution >= 0.6 is 0 Å². The Morgan fingerprint density at radius 1 is 1.16 bits per heavy atom. The van der Waals surface area contributed by atoms with Gasteiger partial charge >= 0.3 is 5.97 Å². The lowest BCUT2D eigenvalue weighted by Gasteiger charge is -2.49. The zero-order valence-electron chi connectivity index (χ0n) is 14.3. The van der Waals surface area contributed by atoms with Crippen molar-refractivity contribution >= 4 is 11.9 Å². The van der Waals surface area contributed by atoms with Crippen LogP contribution in [-0.4, -0.2) is 42.1 Å². The number of aliphatic carboxylic acids is 1. The number of carbonyl (C=O) groups excluding carboxylic acids is 1. The summed E-state index contributed by atoms with van der Waals surface area (Å²) in [4.78, 5) is 27.1. The molecule has 0 radical (unpaired) electrons. The van der Waals surface area contributed by atoms with Crippen LogP contribution in [0.3, 0.4) is 0 Å². The summed E-state index contributed by atoms with van der Waals surface area (Å²) >= 11 is 0. The van der Waals surface area contributed by atoms with Crippen LogP contribution in [0.4, 0.5) is 0 Å². The minimum Gasteiger partial charge on any atom is -0.481 e. The zero-order chi connectivity index (χ0) is 18.0. The molecule has 2 aromatic carbocycles. The van der Waals surface area contributed by atoms with Crippen molar-refractivity contribution in [3.63, 3.8) is 0 Å². The molecule has 1 aliphatic heterocycles. The van der Waals surface area contributed by atoms with Gasteiger partial charge in [0, 0.05) is 19.2 Å². The highest BCUT2D eigenvalue weighted by molar-refractivity contribution is 6.01. The summed E-state index contributed by atoms with van der Waals surface area (Å²) in [6.07, 6.45) is 0. The van der Waals surface area contributed by atoms with Gasteiger partial charge in [0.05, 0.1) is 12.1 Å². The molecule has 1 heterocycles. The van der Waals surface area contributed by atoms with Crippen LogP contribution in [0.5, 0.6) is 0 Å². The maximum atomic E-state index is 13.2. The lowest BCUT2D eigenvalue weighted by atomic mass is 9.70. The number of nitrogens with zero attached hydrogens (tertiary/aromatic N) is 1. The van der Waals surface area contributed by atoms with Crippen molar-refractivity contribution in [3.8, 4) is 0 Å². The third kappa shape index (κ3) is 2.70. The number of methoxy groups -OCH3 is 1. The molecule has 3 rings (SSSR count). The molecule has 1 aliphatic rings. The van der Waals surface area contributed by atoms with Crippen LogP contribution in [-0.2, 0) is 15.1 Å². The highest BCUT2D eigenvalue weighted by Gasteiger charge is 2.52. The molecular formula is C20H21NO4. The quantitative estimate of drug-likeness (QED) is 0.909. The molecular weight excluding hydrogens is 318 g/mol. The standard InChI is InChI=1S/C20H21NO4/c1-20(14-8-4-3-5-9-14)17(19(23)24)15-10-6-7-11-16(15)18(22)21(20)12-13-25-2/h3-11,17H,12-13H2,1-2H3,(H,23,24). The molecule has 1 N–H and O–H groups in total. The second-order valence-electron chi connectivity index (χ2n) is 6.32. The van der Waals surface area contributed by atoms with E-state index in [1.54, 1.807) is 36.3 Å². The SMILES string of the molecule is COCCN1C(=O)c2ccccc2C(C(=O)O)C1(C)c1ccccc1. The number of rotatable bonds is 5. The van der Waals surface area contributed by atoms with Crippen molar-refractivity contribution in [2.24, 2.45) is 0 Å². The third-order valence-corrected chi connectivity index (χ3v) is 4.99. The van der Waals surface area contributed by atoms with Gasteiger partial charge in [0.2, 0.25) is 0 Å². The van der Waals surface area contributed by atoms with E-state index in [0.717, 1.165) is 5.56 Å². The predicted octanol–water partition coefficient (Wildman–Crippen LogP) is 2.87. The van der Waals surface area contributed by atoms with Gasteiger partial charge in [-0.25, -0.2) is 0 Å². The number of amides is 1. The summed E-state index contributed by atoms with van der Waals surface area (Å²) in [5.74, 6) is -1.98. The van der Waals surface area contributed by atoms with Crippen molar-refractivity contribution in [1.82, 2.24) is 4.90 Å². The smallest absolute Gasteiger partial charge is 0.313 e. The van der Waals surface area contributed by atoms with E-state index in [-0.39, 0.29) is 5.91 Å². The minimum absolute atomic E-state index is 0.170. The summed E-state index contributed by atoms with van der Waals surface area (Å²) in [6.45, 7) is 2.48. The number of benzene rings is 2. The van der Waals surface area contributed by atoms with Crippen LogP contribution in [0.25, 0.3) is 0 Å². The van der Waals surface area contributed by atoms with Crippen LogP contribution in [0, 0.1) is 0 Å². The van der Waals surface area contributed by atoms with Gasteiger partial charge in [-0.15, -0.1) is 0 Å². The van der Waals surface area contributed by atoms with Crippen molar-refractivity contribution < 1.29 is 19.4 Å². The molecule has 25 heavy (non-hydrogen) atoms. The van der Waals surface area contributed by atoms with Crippen molar-refractivity contribution in [3.05, 3.63) is 71.3 Å². The second kappa shape index (κ2) is 6.69. The molecule has 0 fully saturated rings. The largest absolute Gasteiger partial charge is 0.481 e. The lowest BCUT2D eigenvalue weighted by Crippen LogP contribution is -2.57. The molecule has 2 unspecified atom stereocenters. The van der Waals surface area contributed by atoms with E-state index in [4.69, 9.17) is 4.74 Å². The fraction of sp³-hybridized carbons (Fsp3) is 0.300. The Morgan fingerprint density at radius 2 is 1.80 bits per heavy atom. The highest BCUT2D eigenvalue weighted by atomic mass is 16.5. The van der Waals surface area contributed by atoms with Gasteiger partial charge in [-0.3, -0.25) is 9.59 Å². The van der Waals surface area contributed by atoms with E-state index in [9.17, 15) is 14.7 Å². The maximum absolute atomic E-state index is 13.2. The Kier molecular flexibility index (Phi) is 4.59. The average molecular weight is 339 g/mol. The van der Waals surface area contributed by atoms with E-state index < -0.39 is 17.4 Å². The highest BCUT2D eigenvalue weighted by Crippen LogP contribution is 2.47. The first-order chi connectivity index (χ1) is 12.0. The summed E-state index contributed by atoms with van der Waals surface area (Å²) in [5.41, 5.74) is 0.789. The number of carboxylic acids is 1. The van der Waals surface area contributed by atoms with E-state index >= 15 is 0 Å². The average Bonchev–Trinajstić information content (AvgIpc) is 2.62. The Morgan fingerprint density at radius 3 is 2.44 bits per heavy atom. The predicted molar refractivity (Wildman–Crippen MR) is 93.5 cm³/mol. The van der Waals surface area contributed by atoms with Gasteiger partial charge in [0.25, 0.3) is 5.91 Å². The van der Waals surface area contributed by atoms with Crippen molar-refractivity contribution in [1.29, 1.82) is 0 Å². The normalized spacial score (nSPS) is 22.6.